The molecule has 0 fully saturated rings. The van der Waals surface area contributed by atoms with Gasteiger partial charge in [-0.25, -0.2) is 12.8 Å². The fourth-order valence-electron chi connectivity index (χ4n) is 4.29. The van der Waals surface area contributed by atoms with Crippen molar-refractivity contribution in [1.82, 2.24) is 14.8 Å². The first-order valence-electron chi connectivity index (χ1n) is 11.6. The summed E-state index contributed by atoms with van der Waals surface area (Å²) < 4.78 is 48.1. The Balaban J connectivity index is 1.57. The smallest absolute Gasteiger partial charge is 0.308 e. The molecule has 2 aromatic carbocycles. The number of hydrogen-bond donors (Lipinski definition) is 1. The number of halogens is 1. The van der Waals surface area contributed by atoms with Gasteiger partial charge in [0.1, 0.15) is 22.7 Å². The largest absolute Gasteiger partial charge is 0.469 e. The number of nitrogens with zero attached hydrogens (tertiary/aromatic N) is 4. The van der Waals surface area contributed by atoms with Crippen LogP contribution in [0.1, 0.15) is 45.7 Å². The fraction of sp³-hybridized carbons (Fsp3) is 0.231. The molecular weight excluding hydrogens is 529 g/mol. The maximum absolute atomic E-state index is 13.2. The molecule has 38 heavy (non-hydrogen) atoms. The minimum Gasteiger partial charge on any atom is -0.469 e. The van der Waals surface area contributed by atoms with Crippen molar-refractivity contribution in [3.8, 4) is 5.00 Å². The number of anilines is 1. The van der Waals surface area contributed by atoms with E-state index in [2.05, 4.69) is 14.9 Å². The monoisotopic (exact) mass is 553 g/mol. The van der Waals surface area contributed by atoms with Crippen molar-refractivity contribution in [1.29, 1.82) is 0 Å². The predicted molar refractivity (Wildman–Crippen MR) is 142 cm³/mol. The van der Waals surface area contributed by atoms with Gasteiger partial charge in [0.15, 0.2) is 5.82 Å². The molecule has 0 aliphatic carbocycles. The number of aryl methyl sites for hydroxylation is 2. The van der Waals surface area contributed by atoms with Gasteiger partial charge in [-0.05, 0) is 62.7 Å². The maximum Gasteiger partial charge on any atom is 0.308 e. The van der Waals surface area contributed by atoms with E-state index in [1.54, 1.807) is 35.6 Å². The van der Waals surface area contributed by atoms with Gasteiger partial charge in [0, 0.05) is 21.7 Å². The molecule has 0 saturated heterocycles. The Morgan fingerprint density at radius 2 is 1.76 bits per heavy atom. The molecule has 0 saturated carbocycles. The number of aliphatic imine (C=N–C) groups is 1. The Bertz CT molecular complexity index is 1670. The van der Waals surface area contributed by atoms with E-state index in [4.69, 9.17) is 9.73 Å². The molecule has 0 unspecified atom stereocenters. The molecule has 12 heteroatoms. The minimum absolute atomic E-state index is 0.0132. The van der Waals surface area contributed by atoms with Crippen molar-refractivity contribution in [2.24, 2.45) is 4.99 Å². The van der Waals surface area contributed by atoms with Crippen LogP contribution in [0.5, 0.6) is 0 Å². The summed E-state index contributed by atoms with van der Waals surface area (Å²) in [5.41, 5.74) is 3.69. The van der Waals surface area contributed by atoms with E-state index >= 15 is 0 Å². The molecular formula is C26H24FN5O4S2. The number of rotatable bonds is 6. The van der Waals surface area contributed by atoms with E-state index in [0.29, 0.717) is 23.0 Å². The number of benzene rings is 2. The molecule has 196 valence electrons. The number of methoxy groups -OCH3 is 1. The minimum atomic E-state index is -3.90. The lowest BCUT2D eigenvalue weighted by Gasteiger charge is -2.13. The number of thiophene rings is 1. The summed E-state index contributed by atoms with van der Waals surface area (Å²) in [4.78, 5) is 18.3. The quantitative estimate of drug-likeness (QED) is 0.348. The summed E-state index contributed by atoms with van der Waals surface area (Å²) in [6.07, 6.45) is -0.0132. The first-order chi connectivity index (χ1) is 18.1. The third kappa shape index (κ3) is 4.61. The topological polar surface area (TPSA) is 116 Å². The summed E-state index contributed by atoms with van der Waals surface area (Å²) in [7, 11) is -2.57. The first-order valence-corrected chi connectivity index (χ1v) is 13.9. The number of esters is 1. The van der Waals surface area contributed by atoms with Crippen LogP contribution in [-0.2, 0) is 19.6 Å². The number of hydrogen-bond acceptors (Lipinski definition) is 8. The van der Waals surface area contributed by atoms with Crippen molar-refractivity contribution in [2.75, 3.05) is 11.8 Å². The fourth-order valence-corrected chi connectivity index (χ4v) is 6.56. The van der Waals surface area contributed by atoms with Crippen LogP contribution in [0.15, 0.2) is 58.4 Å². The number of aromatic nitrogens is 3. The van der Waals surface area contributed by atoms with Crippen molar-refractivity contribution in [3.05, 3.63) is 87.6 Å². The normalized spacial score (nSPS) is 14.8. The highest BCUT2D eigenvalue weighted by molar-refractivity contribution is 7.92. The lowest BCUT2D eigenvalue weighted by Crippen LogP contribution is -2.13. The Kier molecular flexibility index (Phi) is 6.61. The van der Waals surface area contributed by atoms with Crippen LogP contribution in [0.4, 0.5) is 10.1 Å². The molecule has 0 amide bonds. The molecule has 1 atom stereocenters. The summed E-state index contributed by atoms with van der Waals surface area (Å²) in [6, 6.07) is 10.8. The second-order valence-corrected chi connectivity index (χ2v) is 11.7. The van der Waals surface area contributed by atoms with E-state index in [9.17, 15) is 17.6 Å². The highest BCUT2D eigenvalue weighted by atomic mass is 32.2. The van der Waals surface area contributed by atoms with Crippen molar-refractivity contribution >= 4 is 38.7 Å². The summed E-state index contributed by atoms with van der Waals surface area (Å²) in [5.74, 6) is 0.289. The van der Waals surface area contributed by atoms with Crippen LogP contribution in [0, 0.1) is 26.6 Å². The molecule has 3 heterocycles. The predicted octanol–water partition coefficient (Wildman–Crippen LogP) is 4.65. The van der Waals surface area contributed by atoms with Crippen LogP contribution >= 0.6 is 11.3 Å². The number of fused-ring (bicyclic) bond motifs is 3. The average Bonchev–Trinajstić information content (AvgIpc) is 3.36. The zero-order chi connectivity index (χ0) is 27.2. The van der Waals surface area contributed by atoms with Gasteiger partial charge in [-0.1, -0.05) is 12.1 Å². The third-order valence-corrected chi connectivity index (χ3v) is 8.95. The van der Waals surface area contributed by atoms with Gasteiger partial charge >= 0.3 is 5.97 Å². The Labute approximate surface area is 223 Å². The summed E-state index contributed by atoms with van der Waals surface area (Å²) in [6.45, 7) is 5.91. The second-order valence-electron chi connectivity index (χ2n) is 8.81. The standard InChI is InChI=1S/C26H24FN5O4S2/c1-14-15(2)37-26-23(14)24(28-21(13-22(33)36-4)25-30-29-16(3)32(25)26)17-5-9-19(10-6-17)31-38(34,35)20-11-7-18(27)8-12-20/h5-12,21,31H,13H2,1-4H3/t21-/m0/s1. The molecule has 0 radical (unpaired) electrons. The molecule has 2 aromatic heterocycles. The lowest BCUT2D eigenvalue weighted by atomic mass is 9.99. The van der Waals surface area contributed by atoms with Crippen molar-refractivity contribution in [3.63, 3.8) is 0 Å². The molecule has 0 bridgehead atoms. The van der Waals surface area contributed by atoms with Crippen LogP contribution in [0.3, 0.4) is 0 Å². The third-order valence-electron chi connectivity index (χ3n) is 6.36. The van der Waals surface area contributed by atoms with Gasteiger partial charge in [-0.15, -0.1) is 21.5 Å². The SMILES string of the molecule is COC(=O)C[C@@H]1N=C(c2ccc(NS(=O)(=O)c3ccc(F)cc3)cc2)c2c(sc(C)c2C)-n2c(C)nnc21. The van der Waals surface area contributed by atoms with Crippen LogP contribution in [-0.4, -0.2) is 42.0 Å². The van der Waals surface area contributed by atoms with Crippen LogP contribution < -0.4 is 4.72 Å². The first kappa shape index (κ1) is 25.7. The molecule has 1 aliphatic heterocycles. The van der Waals surface area contributed by atoms with Crippen LogP contribution in [0.25, 0.3) is 5.00 Å². The lowest BCUT2D eigenvalue weighted by molar-refractivity contribution is -0.141. The van der Waals surface area contributed by atoms with Gasteiger partial charge in [-0.2, -0.15) is 0 Å². The number of nitrogens with one attached hydrogen (secondary N) is 1. The van der Waals surface area contributed by atoms with E-state index in [-0.39, 0.29) is 11.3 Å². The number of carbonyl (C=O) groups is 1. The number of sulfonamides is 1. The maximum atomic E-state index is 13.2. The van der Waals surface area contributed by atoms with E-state index in [0.717, 1.165) is 38.7 Å². The molecule has 0 spiro atoms. The van der Waals surface area contributed by atoms with Crippen LogP contribution in [0.2, 0.25) is 0 Å². The Hall–Kier alpha value is -3.90. The summed E-state index contributed by atoms with van der Waals surface area (Å²) >= 11 is 1.59. The van der Waals surface area contributed by atoms with E-state index in [1.807, 2.05) is 25.3 Å². The van der Waals surface area contributed by atoms with E-state index < -0.39 is 27.9 Å². The molecule has 4 aromatic rings. The zero-order valence-corrected chi connectivity index (χ0v) is 22.7. The Morgan fingerprint density at radius 3 is 2.42 bits per heavy atom. The highest BCUT2D eigenvalue weighted by Gasteiger charge is 2.32. The number of carbonyl (C=O) groups excluding carboxylic acids is 1. The van der Waals surface area contributed by atoms with Gasteiger partial charge in [0.25, 0.3) is 10.0 Å². The van der Waals surface area contributed by atoms with Gasteiger partial charge in [-0.3, -0.25) is 19.1 Å². The van der Waals surface area contributed by atoms with Crippen molar-refractivity contribution in [2.45, 2.75) is 38.1 Å². The van der Waals surface area contributed by atoms with Gasteiger partial charge in [0.2, 0.25) is 0 Å². The molecule has 1 N–H and O–H groups in total. The molecule has 1 aliphatic rings. The molecule has 5 rings (SSSR count). The Morgan fingerprint density at radius 1 is 1.08 bits per heavy atom. The van der Waals surface area contributed by atoms with Crippen molar-refractivity contribution < 1.29 is 22.3 Å². The van der Waals surface area contributed by atoms with E-state index in [1.165, 1.54) is 19.2 Å². The average molecular weight is 554 g/mol. The van der Waals surface area contributed by atoms with Gasteiger partial charge < -0.3 is 4.74 Å². The summed E-state index contributed by atoms with van der Waals surface area (Å²) in [5, 5.41) is 9.50. The van der Waals surface area contributed by atoms with Gasteiger partial charge in [0.05, 0.1) is 24.1 Å². The highest BCUT2D eigenvalue weighted by Crippen LogP contribution is 2.39. The second kappa shape index (κ2) is 9.76. The molecule has 9 nitrogen and oxygen atoms in total. The zero-order valence-electron chi connectivity index (χ0n) is 21.0. The number of ether oxygens (including phenoxy) is 1.